The molecule has 0 aliphatic heterocycles. The largest absolute Gasteiger partial charge is 0.451 e. The van der Waals surface area contributed by atoms with Crippen LogP contribution < -0.4 is 5.32 Å². The van der Waals surface area contributed by atoms with Gasteiger partial charge in [0.05, 0.1) is 6.61 Å². The van der Waals surface area contributed by atoms with Crippen molar-refractivity contribution in [1.82, 2.24) is 0 Å². The highest BCUT2D eigenvalue weighted by Gasteiger charge is 2.21. The normalized spacial score (nSPS) is 12.3. The summed E-state index contributed by atoms with van der Waals surface area (Å²) in [5.41, 5.74) is 3.42. The van der Waals surface area contributed by atoms with Crippen molar-refractivity contribution in [2.24, 2.45) is 0 Å². The first-order valence-electron chi connectivity index (χ1n) is 8.55. The summed E-state index contributed by atoms with van der Waals surface area (Å²) >= 11 is 0. The summed E-state index contributed by atoms with van der Waals surface area (Å²) < 4.78 is 11.1. The number of carbonyl (C=O) groups excluding carboxylic acids is 1. The van der Waals surface area contributed by atoms with Crippen LogP contribution in [0.4, 0.5) is 5.69 Å². The SMILES string of the molecule is CCC(C)c1ccccc1NC(=O)c1oc2ccccc2c1COC. The highest BCUT2D eigenvalue weighted by Crippen LogP contribution is 2.30. The molecule has 1 atom stereocenters. The number of benzene rings is 2. The number of amides is 1. The standard InChI is InChI=1S/C21H23NO3/c1-4-14(2)15-9-5-7-11-18(15)22-21(23)20-17(13-24-3)16-10-6-8-12-19(16)25-20/h5-12,14H,4,13H2,1-3H3,(H,22,23). The summed E-state index contributed by atoms with van der Waals surface area (Å²) in [7, 11) is 1.61. The van der Waals surface area contributed by atoms with Crippen molar-refractivity contribution in [2.45, 2.75) is 32.8 Å². The average molecular weight is 337 g/mol. The first kappa shape index (κ1) is 17.2. The van der Waals surface area contributed by atoms with Crippen LogP contribution >= 0.6 is 0 Å². The number of furan rings is 1. The first-order valence-corrected chi connectivity index (χ1v) is 8.55. The van der Waals surface area contributed by atoms with Gasteiger partial charge < -0.3 is 14.5 Å². The van der Waals surface area contributed by atoms with Gasteiger partial charge in [0.2, 0.25) is 0 Å². The van der Waals surface area contributed by atoms with E-state index in [1.807, 2.05) is 42.5 Å². The second-order valence-corrected chi connectivity index (χ2v) is 6.19. The number of ether oxygens (including phenoxy) is 1. The monoisotopic (exact) mass is 337 g/mol. The Morgan fingerprint density at radius 2 is 1.88 bits per heavy atom. The lowest BCUT2D eigenvalue weighted by atomic mass is 9.97. The minimum absolute atomic E-state index is 0.251. The topological polar surface area (TPSA) is 51.5 Å². The Bertz CT molecular complexity index is 882. The van der Waals surface area contributed by atoms with Crippen LogP contribution in [0.25, 0.3) is 11.0 Å². The molecule has 4 heteroatoms. The fraction of sp³-hybridized carbons (Fsp3) is 0.286. The third-order valence-electron chi connectivity index (χ3n) is 4.55. The van der Waals surface area contributed by atoms with Crippen LogP contribution in [0.1, 0.15) is 47.9 Å². The molecule has 0 saturated carbocycles. The van der Waals surface area contributed by atoms with Crippen molar-refractivity contribution in [3.05, 3.63) is 65.4 Å². The number of hydrogen-bond donors (Lipinski definition) is 1. The molecule has 0 aliphatic rings. The van der Waals surface area contributed by atoms with Crippen LogP contribution in [0.5, 0.6) is 0 Å². The van der Waals surface area contributed by atoms with Gasteiger partial charge >= 0.3 is 0 Å². The van der Waals surface area contributed by atoms with Crippen molar-refractivity contribution in [1.29, 1.82) is 0 Å². The van der Waals surface area contributed by atoms with Crippen molar-refractivity contribution in [3.63, 3.8) is 0 Å². The van der Waals surface area contributed by atoms with E-state index in [1.54, 1.807) is 7.11 Å². The fourth-order valence-corrected chi connectivity index (χ4v) is 3.01. The predicted octanol–water partition coefficient (Wildman–Crippen LogP) is 5.35. The highest BCUT2D eigenvalue weighted by atomic mass is 16.5. The maximum Gasteiger partial charge on any atom is 0.291 e. The van der Waals surface area contributed by atoms with E-state index in [4.69, 9.17) is 9.15 Å². The highest BCUT2D eigenvalue weighted by molar-refractivity contribution is 6.06. The van der Waals surface area contributed by atoms with E-state index in [2.05, 4.69) is 25.2 Å². The van der Waals surface area contributed by atoms with Gasteiger partial charge in [0.1, 0.15) is 5.58 Å². The summed E-state index contributed by atoms with van der Waals surface area (Å²) in [6, 6.07) is 15.5. The Kier molecular flexibility index (Phi) is 5.19. The minimum atomic E-state index is -0.251. The fourth-order valence-electron chi connectivity index (χ4n) is 3.01. The van der Waals surface area contributed by atoms with Crippen LogP contribution in [0.3, 0.4) is 0 Å². The summed E-state index contributed by atoms with van der Waals surface area (Å²) in [6.45, 7) is 4.62. The smallest absolute Gasteiger partial charge is 0.291 e. The third kappa shape index (κ3) is 3.44. The molecule has 3 rings (SSSR count). The van der Waals surface area contributed by atoms with E-state index in [9.17, 15) is 4.79 Å². The lowest BCUT2D eigenvalue weighted by molar-refractivity contribution is 0.0992. The molecule has 0 bridgehead atoms. The molecule has 1 aromatic heterocycles. The molecule has 1 heterocycles. The van der Waals surface area contributed by atoms with E-state index in [-0.39, 0.29) is 5.91 Å². The van der Waals surface area contributed by atoms with Crippen LogP contribution in [-0.2, 0) is 11.3 Å². The Morgan fingerprint density at radius 1 is 1.16 bits per heavy atom. The summed E-state index contributed by atoms with van der Waals surface area (Å²) in [4.78, 5) is 12.9. The minimum Gasteiger partial charge on any atom is -0.451 e. The number of rotatable bonds is 6. The maximum absolute atomic E-state index is 12.9. The molecule has 0 saturated heterocycles. The van der Waals surface area contributed by atoms with Gasteiger partial charge in [-0.25, -0.2) is 0 Å². The number of anilines is 1. The summed E-state index contributed by atoms with van der Waals surface area (Å²) in [6.07, 6.45) is 1.01. The molecule has 0 fully saturated rings. The zero-order valence-electron chi connectivity index (χ0n) is 14.8. The number of hydrogen-bond acceptors (Lipinski definition) is 3. The van der Waals surface area contributed by atoms with Gasteiger partial charge in [-0.2, -0.15) is 0 Å². The van der Waals surface area contributed by atoms with E-state index in [0.29, 0.717) is 23.9 Å². The maximum atomic E-state index is 12.9. The van der Waals surface area contributed by atoms with Gasteiger partial charge in [-0.1, -0.05) is 50.2 Å². The lowest BCUT2D eigenvalue weighted by Gasteiger charge is -2.15. The molecular weight excluding hydrogens is 314 g/mol. The van der Waals surface area contributed by atoms with Gasteiger partial charge in [0, 0.05) is 23.7 Å². The Balaban J connectivity index is 1.97. The molecule has 0 aliphatic carbocycles. The quantitative estimate of drug-likeness (QED) is 0.660. The number of para-hydroxylation sites is 2. The number of methoxy groups -OCH3 is 1. The average Bonchev–Trinajstić information content (AvgIpc) is 3.01. The van der Waals surface area contributed by atoms with Gasteiger partial charge in [-0.15, -0.1) is 0 Å². The molecule has 2 aromatic carbocycles. The van der Waals surface area contributed by atoms with Crippen molar-refractivity contribution in [2.75, 3.05) is 12.4 Å². The lowest BCUT2D eigenvalue weighted by Crippen LogP contribution is -2.15. The molecule has 130 valence electrons. The Morgan fingerprint density at radius 3 is 2.64 bits per heavy atom. The van der Waals surface area contributed by atoms with Crippen molar-refractivity contribution in [3.8, 4) is 0 Å². The first-order chi connectivity index (χ1) is 12.2. The van der Waals surface area contributed by atoms with Crippen LogP contribution in [0, 0.1) is 0 Å². The molecule has 1 unspecified atom stereocenters. The van der Waals surface area contributed by atoms with E-state index in [0.717, 1.165) is 28.6 Å². The molecule has 1 N–H and O–H groups in total. The van der Waals surface area contributed by atoms with E-state index in [1.165, 1.54) is 0 Å². The third-order valence-corrected chi connectivity index (χ3v) is 4.55. The van der Waals surface area contributed by atoms with Gasteiger partial charge in [0.15, 0.2) is 5.76 Å². The van der Waals surface area contributed by atoms with Crippen LogP contribution in [0.15, 0.2) is 52.9 Å². The van der Waals surface area contributed by atoms with Crippen molar-refractivity contribution < 1.29 is 13.9 Å². The Hall–Kier alpha value is -2.59. The van der Waals surface area contributed by atoms with Gasteiger partial charge in [-0.05, 0) is 30.0 Å². The Labute approximate surface area is 147 Å². The zero-order valence-corrected chi connectivity index (χ0v) is 14.8. The zero-order chi connectivity index (χ0) is 17.8. The summed E-state index contributed by atoms with van der Waals surface area (Å²) in [5.74, 6) is 0.423. The number of fused-ring (bicyclic) bond motifs is 1. The van der Waals surface area contributed by atoms with E-state index < -0.39 is 0 Å². The second kappa shape index (κ2) is 7.53. The van der Waals surface area contributed by atoms with E-state index >= 15 is 0 Å². The molecule has 0 spiro atoms. The molecule has 3 aromatic rings. The molecular formula is C21H23NO3. The number of nitrogens with one attached hydrogen (secondary N) is 1. The van der Waals surface area contributed by atoms with Crippen LogP contribution in [0.2, 0.25) is 0 Å². The molecule has 1 amide bonds. The molecule has 25 heavy (non-hydrogen) atoms. The summed E-state index contributed by atoms with van der Waals surface area (Å²) in [5, 5.41) is 3.92. The number of carbonyl (C=O) groups is 1. The second-order valence-electron chi connectivity index (χ2n) is 6.19. The van der Waals surface area contributed by atoms with Gasteiger partial charge in [0.25, 0.3) is 5.91 Å². The van der Waals surface area contributed by atoms with Crippen molar-refractivity contribution >= 4 is 22.6 Å². The van der Waals surface area contributed by atoms with Gasteiger partial charge in [-0.3, -0.25) is 4.79 Å². The molecule has 0 radical (unpaired) electrons. The molecule has 4 nitrogen and oxygen atoms in total. The predicted molar refractivity (Wildman–Crippen MR) is 100 cm³/mol. The van der Waals surface area contributed by atoms with Crippen LogP contribution in [-0.4, -0.2) is 13.0 Å².